The van der Waals surface area contributed by atoms with Gasteiger partial charge in [0.2, 0.25) is 11.7 Å². The fourth-order valence-electron chi connectivity index (χ4n) is 8.64. The molecule has 6 unspecified atom stereocenters. The molecule has 2 aromatic rings. The van der Waals surface area contributed by atoms with Crippen LogP contribution in [-0.4, -0.2) is 116 Å². The smallest absolute Gasteiger partial charge is 0.253 e. The van der Waals surface area contributed by atoms with E-state index in [1.54, 1.807) is 6.92 Å². The van der Waals surface area contributed by atoms with Crippen molar-refractivity contribution in [3.05, 3.63) is 63.7 Å². The Labute approximate surface area is 314 Å². The first-order valence-electron chi connectivity index (χ1n) is 18.2. The lowest BCUT2D eigenvalue weighted by Crippen LogP contribution is -2.56. The van der Waals surface area contributed by atoms with Crippen LogP contribution in [0.2, 0.25) is 0 Å². The van der Waals surface area contributed by atoms with Gasteiger partial charge in [-0.1, -0.05) is 12.1 Å². The average Bonchev–Trinajstić information content (AvgIpc) is 3.48. The van der Waals surface area contributed by atoms with Crippen molar-refractivity contribution in [2.75, 3.05) is 20.3 Å². The molecule has 2 heterocycles. The molecule has 16 nitrogen and oxygen atoms in total. The van der Waals surface area contributed by atoms with Gasteiger partial charge in [-0.2, -0.15) is 0 Å². The Hall–Kier alpha value is -5.00. The predicted octanol–water partition coefficient (Wildman–Crippen LogP) is 0.890. The van der Waals surface area contributed by atoms with E-state index in [0.29, 0.717) is 25.7 Å². The van der Waals surface area contributed by atoms with E-state index in [0.717, 1.165) is 0 Å². The van der Waals surface area contributed by atoms with Gasteiger partial charge >= 0.3 is 0 Å². The molecular weight excluding hydrogens is 720 g/mol. The van der Waals surface area contributed by atoms with Crippen molar-refractivity contribution in [2.24, 2.45) is 11.8 Å². The molecule has 6 atom stereocenters. The predicted molar refractivity (Wildman–Crippen MR) is 187 cm³/mol. The number of imide groups is 1. The van der Waals surface area contributed by atoms with Crippen LogP contribution >= 0.6 is 0 Å². The van der Waals surface area contributed by atoms with Crippen molar-refractivity contribution in [1.82, 2.24) is 10.2 Å². The molecule has 2 aliphatic heterocycles. The number of ketones is 3. The third-order valence-corrected chi connectivity index (χ3v) is 11.6. The van der Waals surface area contributed by atoms with Gasteiger partial charge in [0, 0.05) is 60.6 Å². The summed E-state index contributed by atoms with van der Waals surface area (Å²) in [6.45, 7) is 0.751. The number of fused-ring (bicyclic) bond motifs is 3. The quantitative estimate of drug-likeness (QED) is 0.131. The van der Waals surface area contributed by atoms with E-state index < -0.39 is 102 Å². The topological polar surface area (TPSA) is 247 Å². The van der Waals surface area contributed by atoms with E-state index in [1.165, 1.54) is 42.4 Å². The van der Waals surface area contributed by atoms with Crippen LogP contribution in [0.25, 0.3) is 0 Å². The summed E-state index contributed by atoms with van der Waals surface area (Å²) in [6.07, 6.45) is -1.42. The van der Waals surface area contributed by atoms with Gasteiger partial charge in [0.15, 0.2) is 17.9 Å². The van der Waals surface area contributed by atoms with Crippen LogP contribution in [0.3, 0.4) is 0 Å². The minimum Gasteiger partial charge on any atom is -0.507 e. The van der Waals surface area contributed by atoms with E-state index in [9.17, 15) is 54.3 Å². The second kappa shape index (κ2) is 14.6. The van der Waals surface area contributed by atoms with Crippen LogP contribution in [0, 0.1) is 11.8 Å². The molecule has 16 heteroatoms. The molecule has 1 saturated carbocycles. The Morgan fingerprint density at radius 1 is 0.982 bits per heavy atom. The van der Waals surface area contributed by atoms with Gasteiger partial charge in [0.05, 0.1) is 42.0 Å². The minimum atomic E-state index is -2.34. The Bertz CT molecular complexity index is 2000. The van der Waals surface area contributed by atoms with Gasteiger partial charge in [0.1, 0.15) is 35.6 Å². The molecule has 55 heavy (non-hydrogen) atoms. The number of amides is 3. The third-order valence-electron chi connectivity index (χ3n) is 11.6. The van der Waals surface area contributed by atoms with E-state index in [-0.39, 0.29) is 64.6 Å². The van der Waals surface area contributed by atoms with E-state index in [4.69, 9.17) is 14.2 Å². The highest BCUT2D eigenvalue weighted by atomic mass is 16.7. The number of Topliss-reactive ketones (excluding diaryl/α,β-unsaturated/α-hetero) is 1. The van der Waals surface area contributed by atoms with Crippen molar-refractivity contribution >= 4 is 35.1 Å². The highest BCUT2D eigenvalue weighted by Crippen LogP contribution is 2.52. The fraction of sp³-hybridized carbons (Fsp3) is 0.487. The maximum Gasteiger partial charge on any atom is 0.253 e. The molecule has 6 N–H and O–H groups in total. The van der Waals surface area contributed by atoms with E-state index in [1.807, 2.05) is 0 Å². The highest BCUT2D eigenvalue weighted by Gasteiger charge is 2.50. The average molecular weight is 763 g/mol. The summed E-state index contributed by atoms with van der Waals surface area (Å²) in [5.74, 6) is -5.44. The zero-order chi connectivity index (χ0) is 39.5. The molecule has 0 aromatic heterocycles. The summed E-state index contributed by atoms with van der Waals surface area (Å²) < 4.78 is 17.5. The number of hydrogen-bond donors (Lipinski definition) is 6. The van der Waals surface area contributed by atoms with Crippen LogP contribution in [0.1, 0.15) is 94.5 Å². The zero-order valence-electron chi connectivity index (χ0n) is 30.1. The largest absolute Gasteiger partial charge is 0.507 e. The van der Waals surface area contributed by atoms with Gasteiger partial charge in [-0.25, -0.2) is 0 Å². The molecule has 2 fully saturated rings. The molecule has 0 radical (unpaired) electrons. The first-order chi connectivity index (χ1) is 26.2. The van der Waals surface area contributed by atoms with Crippen LogP contribution < -0.4 is 10.1 Å². The first-order valence-corrected chi connectivity index (χ1v) is 18.2. The summed E-state index contributed by atoms with van der Waals surface area (Å²) in [5.41, 5.74) is -4.03. The van der Waals surface area contributed by atoms with Gasteiger partial charge in [0.25, 0.3) is 11.8 Å². The number of aliphatic hydroxyl groups is 3. The summed E-state index contributed by atoms with van der Waals surface area (Å²) in [4.78, 5) is 79.3. The molecule has 2 aromatic carbocycles. The molecule has 292 valence electrons. The lowest BCUT2D eigenvalue weighted by atomic mass is 9.72. The Balaban J connectivity index is 1.13. The number of phenolic OH excluding ortho intramolecular Hbond substituents is 2. The van der Waals surface area contributed by atoms with Crippen molar-refractivity contribution in [2.45, 2.75) is 88.1 Å². The molecule has 0 bridgehead atoms. The minimum absolute atomic E-state index is 0.0460. The number of hydrogen-bond acceptors (Lipinski definition) is 14. The summed E-state index contributed by atoms with van der Waals surface area (Å²) in [5, 5.41) is 58.7. The second-order valence-corrected chi connectivity index (χ2v) is 14.9. The summed E-state index contributed by atoms with van der Waals surface area (Å²) in [7, 11) is 1.31. The SMILES string of the molecule is COc1cccc2c1C(=O)c1c(O)c3c(c(O)c1C2=O)CC(O)(C(=O)CO)CC3OC1CC(NC(=O)C2CCC(CN3C(=O)C=CC3=O)CC2)C(O)C(C)O1. The van der Waals surface area contributed by atoms with Gasteiger partial charge < -0.3 is 45.1 Å². The Morgan fingerprint density at radius 2 is 1.65 bits per heavy atom. The Kier molecular flexibility index (Phi) is 10.1. The van der Waals surface area contributed by atoms with Crippen molar-refractivity contribution in [3.8, 4) is 17.2 Å². The van der Waals surface area contributed by atoms with Crippen LogP contribution in [0.15, 0.2) is 30.4 Å². The van der Waals surface area contributed by atoms with Gasteiger partial charge in [-0.3, -0.25) is 33.7 Å². The first kappa shape index (κ1) is 38.3. The number of rotatable bonds is 9. The number of carbonyl (C=O) groups excluding carboxylic acids is 6. The summed E-state index contributed by atoms with van der Waals surface area (Å²) in [6, 6.07) is 3.42. The molecule has 0 spiro atoms. The third kappa shape index (κ3) is 6.61. The number of carbonyl (C=O) groups is 6. The van der Waals surface area contributed by atoms with Crippen molar-refractivity contribution in [3.63, 3.8) is 0 Å². The number of benzene rings is 2. The van der Waals surface area contributed by atoms with Crippen molar-refractivity contribution < 1.29 is 68.5 Å². The molecule has 5 aliphatic rings. The molecule has 3 amide bonds. The van der Waals surface area contributed by atoms with Gasteiger partial charge in [-0.15, -0.1) is 0 Å². The molecule has 3 aliphatic carbocycles. The second-order valence-electron chi connectivity index (χ2n) is 14.9. The van der Waals surface area contributed by atoms with E-state index in [2.05, 4.69) is 5.32 Å². The van der Waals surface area contributed by atoms with E-state index >= 15 is 0 Å². The maximum atomic E-state index is 13.9. The number of nitrogens with zero attached hydrogens (tertiary/aromatic N) is 1. The van der Waals surface area contributed by atoms with Crippen LogP contribution in [-0.2, 0) is 35.1 Å². The number of nitrogens with one attached hydrogen (secondary N) is 1. The number of methoxy groups -OCH3 is 1. The summed E-state index contributed by atoms with van der Waals surface area (Å²) >= 11 is 0. The Morgan fingerprint density at radius 3 is 2.31 bits per heavy atom. The maximum absolute atomic E-state index is 13.9. The fourth-order valence-corrected chi connectivity index (χ4v) is 8.64. The monoisotopic (exact) mass is 762 g/mol. The lowest BCUT2D eigenvalue weighted by Gasteiger charge is -2.43. The highest BCUT2D eigenvalue weighted by molar-refractivity contribution is 6.31. The number of ether oxygens (including phenoxy) is 3. The molecule has 7 rings (SSSR count). The van der Waals surface area contributed by atoms with Crippen LogP contribution in [0.4, 0.5) is 0 Å². The zero-order valence-corrected chi connectivity index (χ0v) is 30.1. The van der Waals surface area contributed by atoms with Crippen LogP contribution in [0.5, 0.6) is 17.2 Å². The standard InChI is InChI=1S/C39H42N2O14/c1-17-33(46)22(40-38(51)19-8-6-18(7-9-19)15-41-26(44)10-11-27(41)45)12-28(54-17)55-24-14-39(52,25(43)16-42)13-21-30(24)37(50)32-31(35(21)48)34(47)20-4-3-5-23(53-2)29(20)36(32)49/h3-5,10-11,17-19,22,24,28,33,42,46,48,50,52H,6-9,12-16H2,1-2H3,(H,40,51). The molecule has 1 saturated heterocycles. The number of aliphatic hydroxyl groups excluding tert-OH is 2. The van der Waals surface area contributed by atoms with Gasteiger partial charge in [-0.05, 0) is 44.6 Å². The number of aromatic hydroxyl groups is 2. The van der Waals surface area contributed by atoms with Crippen molar-refractivity contribution in [1.29, 1.82) is 0 Å². The number of phenols is 2. The molecular formula is C39H42N2O14. The lowest BCUT2D eigenvalue weighted by molar-refractivity contribution is -0.249. The normalized spacial score (nSPS) is 30.1.